The number of aliphatic carboxylic acids is 1. The molecule has 2 unspecified atom stereocenters. The number of carboxylic acid groups (broad SMARTS) is 1. The summed E-state index contributed by atoms with van der Waals surface area (Å²) < 4.78 is 0. The maximum Gasteiger partial charge on any atom is 0.322 e. The predicted molar refractivity (Wildman–Crippen MR) is 62.6 cm³/mol. The zero-order chi connectivity index (χ0) is 12.3. The van der Waals surface area contributed by atoms with Crippen LogP contribution in [0.4, 0.5) is 0 Å². The first kappa shape index (κ1) is 12.4. The lowest BCUT2D eigenvalue weighted by molar-refractivity contribution is -0.138. The fourth-order valence-corrected chi connectivity index (χ4v) is 3.17. The van der Waals surface area contributed by atoms with Crippen LogP contribution >= 0.6 is 0 Å². The molecule has 96 valence electrons. The van der Waals surface area contributed by atoms with Crippen molar-refractivity contribution in [3.05, 3.63) is 0 Å². The third-order valence-electron chi connectivity index (χ3n) is 3.89. The maximum atomic E-state index is 11.6. The van der Waals surface area contributed by atoms with Crippen LogP contribution in [0.1, 0.15) is 32.1 Å². The largest absolute Gasteiger partial charge is 0.480 e. The first-order valence-corrected chi connectivity index (χ1v) is 6.39. The highest BCUT2D eigenvalue weighted by Gasteiger charge is 2.35. The van der Waals surface area contributed by atoms with E-state index in [0.717, 1.165) is 18.9 Å². The lowest BCUT2D eigenvalue weighted by Crippen LogP contribution is -2.48. The zero-order valence-electron chi connectivity index (χ0n) is 10.0. The Balaban J connectivity index is 1.81. The minimum absolute atomic E-state index is 0.167. The van der Waals surface area contributed by atoms with Crippen LogP contribution in [0.2, 0.25) is 0 Å². The average molecular weight is 240 g/mol. The van der Waals surface area contributed by atoms with Crippen molar-refractivity contribution in [3.8, 4) is 0 Å². The molecule has 1 aliphatic carbocycles. The number of carboxylic acids is 1. The standard InChI is InChI=1S/C12H20N2O3/c15-11(13-7-12(16)17)8-14-6-2-4-9-3-1-5-10(9)14/h9-10H,1-8H2,(H,13,15)(H,16,17). The molecule has 2 rings (SSSR count). The van der Waals surface area contributed by atoms with Gasteiger partial charge in [-0.05, 0) is 38.1 Å². The van der Waals surface area contributed by atoms with Gasteiger partial charge in [0.1, 0.15) is 6.54 Å². The SMILES string of the molecule is O=C(O)CNC(=O)CN1CCCC2CCCC21. The van der Waals surface area contributed by atoms with Crippen molar-refractivity contribution in [2.24, 2.45) is 5.92 Å². The van der Waals surface area contributed by atoms with Crippen molar-refractivity contribution in [3.63, 3.8) is 0 Å². The highest BCUT2D eigenvalue weighted by Crippen LogP contribution is 2.36. The smallest absolute Gasteiger partial charge is 0.322 e. The number of rotatable bonds is 4. The third kappa shape index (κ3) is 3.19. The van der Waals surface area contributed by atoms with Gasteiger partial charge in [0, 0.05) is 6.04 Å². The highest BCUT2D eigenvalue weighted by atomic mass is 16.4. The van der Waals surface area contributed by atoms with E-state index in [-0.39, 0.29) is 12.5 Å². The van der Waals surface area contributed by atoms with E-state index in [0.29, 0.717) is 12.6 Å². The fourth-order valence-electron chi connectivity index (χ4n) is 3.17. The second kappa shape index (κ2) is 5.49. The van der Waals surface area contributed by atoms with E-state index in [2.05, 4.69) is 10.2 Å². The number of likely N-dealkylation sites (tertiary alicyclic amines) is 1. The Kier molecular flexibility index (Phi) is 3.99. The average Bonchev–Trinajstić information content (AvgIpc) is 2.75. The van der Waals surface area contributed by atoms with Crippen LogP contribution in [0.15, 0.2) is 0 Å². The van der Waals surface area contributed by atoms with Crippen LogP contribution in [0.5, 0.6) is 0 Å². The summed E-state index contributed by atoms with van der Waals surface area (Å²) in [6, 6.07) is 0.555. The van der Waals surface area contributed by atoms with Gasteiger partial charge >= 0.3 is 5.97 Å². The molecule has 0 aromatic rings. The molecule has 1 aliphatic heterocycles. The van der Waals surface area contributed by atoms with Crippen molar-refractivity contribution >= 4 is 11.9 Å². The molecular formula is C12H20N2O3. The van der Waals surface area contributed by atoms with Crippen LogP contribution < -0.4 is 5.32 Å². The summed E-state index contributed by atoms with van der Waals surface area (Å²) in [5.74, 6) is -0.397. The van der Waals surface area contributed by atoms with Gasteiger partial charge in [0.05, 0.1) is 6.54 Å². The Bertz CT molecular complexity index is 306. The van der Waals surface area contributed by atoms with Crippen molar-refractivity contribution < 1.29 is 14.7 Å². The molecule has 2 aliphatic rings. The number of piperidine rings is 1. The number of hydrogen-bond acceptors (Lipinski definition) is 3. The third-order valence-corrected chi connectivity index (χ3v) is 3.89. The summed E-state index contributed by atoms with van der Waals surface area (Å²) in [7, 11) is 0. The summed E-state index contributed by atoms with van der Waals surface area (Å²) >= 11 is 0. The molecule has 17 heavy (non-hydrogen) atoms. The lowest BCUT2D eigenvalue weighted by atomic mass is 9.92. The van der Waals surface area contributed by atoms with Crippen molar-refractivity contribution in [1.29, 1.82) is 0 Å². The summed E-state index contributed by atoms with van der Waals surface area (Å²) in [5, 5.41) is 10.9. The molecule has 1 saturated carbocycles. The van der Waals surface area contributed by atoms with E-state index >= 15 is 0 Å². The Morgan fingerprint density at radius 3 is 2.76 bits per heavy atom. The Hall–Kier alpha value is -1.10. The van der Waals surface area contributed by atoms with E-state index in [1.807, 2.05) is 0 Å². The second-order valence-electron chi connectivity index (χ2n) is 5.04. The molecular weight excluding hydrogens is 220 g/mol. The Labute approximate surface area is 101 Å². The molecule has 2 N–H and O–H groups in total. The number of carbonyl (C=O) groups is 2. The van der Waals surface area contributed by atoms with Gasteiger partial charge in [-0.1, -0.05) is 6.42 Å². The van der Waals surface area contributed by atoms with E-state index in [1.54, 1.807) is 0 Å². The Morgan fingerprint density at radius 2 is 2.00 bits per heavy atom. The molecule has 0 bridgehead atoms. The molecule has 1 heterocycles. The van der Waals surface area contributed by atoms with Gasteiger partial charge in [-0.15, -0.1) is 0 Å². The molecule has 0 spiro atoms. The first-order chi connectivity index (χ1) is 8.16. The topological polar surface area (TPSA) is 69.6 Å². The minimum Gasteiger partial charge on any atom is -0.480 e. The number of nitrogens with one attached hydrogen (secondary N) is 1. The molecule has 5 heteroatoms. The number of amides is 1. The van der Waals surface area contributed by atoms with E-state index in [4.69, 9.17) is 5.11 Å². The zero-order valence-corrected chi connectivity index (χ0v) is 10.0. The van der Waals surface area contributed by atoms with Gasteiger partial charge in [0.2, 0.25) is 5.91 Å². The van der Waals surface area contributed by atoms with Gasteiger partial charge in [-0.2, -0.15) is 0 Å². The van der Waals surface area contributed by atoms with Gasteiger partial charge in [0.25, 0.3) is 0 Å². The Morgan fingerprint density at radius 1 is 1.24 bits per heavy atom. The molecule has 1 saturated heterocycles. The van der Waals surface area contributed by atoms with Crippen LogP contribution in [0.3, 0.4) is 0 Å². The fraction of sp³-hybridized carbons (Fsp3) is 0.833. The van der Waals surface area contributed by atoms with Crippen molar-refractivity contribution in [1.82, 2.24) is 10.2 Å². The molecule has 1 amide bonds. The second-order valence-corrected chi connectivity index (χ2v) is 5.04. The normalized spacial score (nSPS) is 28.7. The quantitative estimate of drug-likeness (QED) is 0.748. The molecule has 2 fully saturated rings. The van der Waals surface area contributed by atoms with Crippen LogP contribution in [0.25, 0.3) is 0 Å². The van der Waals surface area contributed by atoms with E-state index in [9.17, 15) is 9.59 Å². The van der Waals surface area contributed by atoms with Gasteiger partial charge in [-0.3, -0.25) is 14.5 Å². The number of carbonyl (C=O) groups excluding carboxylic acids is 1. The number of hydrogen-bond donors (Lipinski definition) is 2. The molecule has 0 aromatic heterocycles. The summed E-state index contributed by atoms with van der Waals surface area (Å²) in [4.78, 5) is 24.2. The van der Waals surface area contributed by atoms with Crippen LogP contribution in [0, 0.1) is 5.92 Å². The molecule has 0 aromatic carbocycles. The monoisotopic (exact) mass is 240 g/mol. The van der Waals surface area contributed by atoms with Gasteiger partial charge in [0.15, 0.2) is 0 Å². The van der Waals surface area contributed by atoms with Gasteiger partial charge in [-0.25, -0.2) is 0 Å². The van der Waals surface area contributed by atoms with E-state index in [1.165, 1.54) is 25.7 Å². The minimum atomic E-state index is -0.990. The number of fused-ring (bicyclic) bond motifs is 1. The predicted octanol–water partition coefficient (Wildman–Crippen LogP) is 0.452. The molecule has 5 nitrogen and oxygen atoms in total. The summed E-state index contributed by atoms with van der Waals surface area (Å²) in [5.41, 5.74) is 0. The van der Waals surface area contributed by atoms with Crippen molar-refractivity contribution in [2.75, 3.05) is 19.6 Å². The van der Waals surface area contributed by atoms with Crippen LogP contribution in [-0.4, -0.2) is 47.6 Å². The lowest BCUT2D eigenvalue weighted by Gasteiger charge is -2.37. The van der Waals surface area contributed by atoms with Crippen LogP contribution in [-0.2, 0) is 9.59 Å². The maximum absolute atomic E-state index is 11.6. The summed E-state index contributed by atoms with van der Waals surface area (Å²) in [6.45, 7) is 1.05. The molecule has 2 atom stereocenters. The summed E-state index contributed by atoms with van der Waals surface area (Å²) in [6.07, 6.45) is 6.20. The van der Waals surface area contributed by atoms with E-state index < -0.39 is 5.97 Å². The molecule has 0 radical (unpaired) electrons. The number of nitrogens with zero attached hydrogens (tertiary/aromatic N) is 1. The van der Waals surface area contributed by atoms with Gasteiger partial charge < -0.3 is 10.4 Å². The van der Waals surface area contributed by atoms with Crippen molar-refractivity contribution in [2.45, 2.75) is 38.1 Å². The highest BCUT2D eigenvalue weighted by molar-refractivity contribution is 5.82. The first-order valence-electron chi connectivity index (χ1n) is 6.39.